The van der Waals surface area contributed by atoms with E-state index in [1.165, 1.54) is 17.0 Å². The van der Waals surface area contributed by atoms with Gasteiger partial charge in [-0.25, -0.2) is 8.42 Å². The smallest absolute Gasteiger partial charge is 0.295 e. The van der Waals surface area contributed by atoms with E-state index in [1.54, 1.807) is 24.3 Å². The molecule has 0 fully saturated rings. The number of amides is 1. The Labute approximate surface area is 201 Å². The van der Waals surface area contributed by atoms with Crippen LogP contribution in [0.2, 0.25) is 0 Å². The third-order valence-corrected chi connectivity index (χ3v) is 8.21. The molecule has 1 atom stereocenters. The van der Waals surface area contributed by atoms with Crippen LogP contribution in [0.25, 0.3) is 0 Å². The summed E-state index contributed by atoms with van der Waals surface area (Å²) in [5.74, 6) is -1.16. The molecule has 5 nitrogen and oxygen atoms in total. The molecule has 1 aliphatic rings. The number of aryl methyl sites for hydroxylation is 2. The van der Waals surface area contributed by atoms with Crippen LogP contribution < -0.4 is 4.90 Å². The highest BCUT2D eigenvalue weighted by Crippen LogP contribution is 2.45. The maximum atomic E-state index is 13.7. The Bertz CT molecular complexity index is 1340. The largest absolute Gasteiger partial charge is 0.502 e. The van der Waals surface area contributed by atoms with Crippen LogP contribution in [-0.2, 0) is 21.1 Å². The predicted molar refractivity (Wildman–Crippen MR) is 135 cm³/mol. The van der Waals surface area contributed by atoms with Gasteiger partial charge in [0.15, 0.2) is 5.76 Å². The van der Waals surface area contributed by atoms with E-state index < -0.39 is 27.5 Å². The molecule has 1 N–H and O–H groups in total. The highest BCUT2D eigenvalue weighted by atomic mass is 32.2. The van der Waals surface area contributed by atoms with Gasteiger partial charge in [-0.1, -0.05) is 74.9 Å². The molecule has 0 spiro atoms. The molecule has 6 heteroatoms. The van der Waals surface area contributed by atoms with Crippen LogP contribution in [0, 0.1) is 6.92 Å². The van der Waals surface area contributed by atoms with Crippen molar-refractivity contribution in [1.29, 1.82) is 0 Å². The third-order valence-electron chi connectivity index (χ3n) is 6.32. The van der Waals surface area contributed by atoms with E-state index in [0.717, 1.165) is 23.1 Å². The van der Waals surface area contributed by atoms with Crippen LogP contribution in [0.4, 0.5) is 5.69 Å². The average Bonchev–Trinajstić information content (AvgIpc) is 3.10. The molecule has 0 aromatic heterocycles. The lowest BCUT2D eigenvalue weighted by molar-refractivity contribution is -0.117. The first-order valence-electron chi connectivity index (χ1n) is 11.4. The summed E-state index contributed by atoms with van der Waals surface area (Å²) in [6.07, 6.45) is 0.833. The number of anilines is 1. The molecule has 4 rings (SSSR count). The van der Waals surface area contributed by atoms with Gasteiger partial charge in [-0.05, 0) is 60.2 Å². The number of aliphatic hydroxyl groups excluding tert-OH is 1. The van der Waals surface area contributed by atoms with Gasteiger partial charge in [0.2, 0.25) is 9.84 Å². The van der Waals surface area contributed by atoms with Gasteiger partial charge >= 0.3 is 0 Å². The average molecular weight is 476 g/mol. The van der Waals surface area contributed by atoms with E-state index in [-0.39, 0.29) is 9.80 Å². The molecule has 176 valence electrons. The first-order chi connectivity index (χ1) is 16.1. The highest BCUT2D eigenvalue weighted by molar-refractivity contribution is 7.95. The van der Waals surface area contributed by atoms with E-state index in [9.17, 15) is 18.3 Å². The SMILES string of the molecule is CCc1ccc([C@@H]2C(S(=O)(=O)c3ccc(C)cc3)=C(O)C(=O)N2c2ccc(C(C)C)cc2)cc1. The van der Waals surface area contributed by atoms with Gasteiger partial charge in [-0.15, -0.1) is 0 Å². The fraction of sp³-hybridized carbons (Fsp3) is 0.250. The molecule has 1 aliphatic heterocycles. The summed E-state index contributed by atoms with van der Waals surface area (Å²) in [6, 6.07) is 20.4. The molecule has 3 aromatic rings. The van der Waals surface area contributed by atoms with Crippen LogP contribution in [-0.4, -0.2) is 19.4 Å². The lowest BCUT2D eigenvalue weighted by Gasteiger charge is -2.27. The molecule has 3 aromatic carbocycles. The van der Waals surface area contributed by atoms with Crippen molar-refractivity contribution in [1.82, 2.24) is 0 Å². The summed E-state index contributed by atoms with van der Waals surface area (Å²) in [7, 11) is -4.15. The van der Waals surface area contributed by atoms with Crippen molar-refractivity contribution in [3.05, 3.63) is 106 Å². The minimum absolute atomic E-state index is 0.0413. The number of aliphatic hydroxyl groups is 1. The van der Waals surface area contributed by atoms with E-state index >= 15 is 0 Å². The molecular formula is C28H29NO4S. The number of nitrogens with zero attached hydrogens (tertiary/aromatic N) is 1. The monoisotopic (exact) mass is 475 g/mol. The summed E-state index contributed by atoms with van der Waals surface area (Å²) in [6.45, 7) is 8.06. The van der Waals surface area contributed by atoms with Gasteiger partial charge in [0.25, 0.3) is 5.91 Å². The standard InChI is InChI=1S/C28H29NO4S/c1-5-20-8-10-22(11-9-20)25-27(34(32,33)24-16-6-19(4)7-17-24)26(30)28(31)29(25)23-14-12-21(13-15-23)18(2)3/h6-18,25,30H,5H2,1-4H3/t25-/m1/s1. The number of rotatable bonds is 6. The zero-order chi connectivity index (χ0) is 24.6. The van der Waals surface area contributed by atoms with E-state index in [0.29, 0.717) is 17.2 Å². The quantitative estimate of drug-likeness (QED) is 0.474. The van der Waals surface area contributed by atoms with Crippen molar-refractivity contribution in [2.45, 2.75) is 51.0 Å². The maximum Gasteiger partial charge on any atom is 0.295 e. The third kappa shape index (κ3) is 4.14. The van der Waals surface area contributed by atoms with E-state index in [1.807, 2.05) is 50.2 Å². The van der Waals surface area contributed by atoms with E-state index in [4.69, 9.17) is 0 Å². The first kappa shape index (κ1) is 23.8. The molecule has 0 saturated carbocycles. The predicted octanol–water partition coefficient (Wildman–Crippen LogP) is 6.01. The fourth-order valence-electron chi connectivity index (χ4n) is 4.22. The summed E-state index contributed by atoms with van der Waals surface area (Å²) in [5, 5.41) is 10.9. The second-order valence-electron chi connectivity index (χ2n) is 8.95. The molecule has 0 saturated heterocycles. The minimum Gasteiger partial charge on any atom is -0.502 e. The molecular weight excluding hydrogens is 446 g/mol. The number of hydrogen-bond donors (Lipinski definition) is 1. The summed E-state index contributed by atoms with van der Waals surface area (Å²) in [5.41, 5.74) is 4.26. The van der Waals surface area contributed by atoms with Crippen molar-refractivity contribution >= 4 is 21.4 Å². The second kappa shape index (κ2) is 9.11. The van der Waals surface area contributed by atoms with Gasteiger partial charge in [-0.2, -0.15) is 0 Å². The fourth-order valence-corrected chi connectivity index (χ4v) is 5.85. The Hall–Kier alpha value is -3.38. The van der Waals surface area contributed by atoms with Crippen LogP contribution in [0.3, 0.4) is 0 Å². The zero-order valence-corrected chi connectivity index (χ0v) is 20.6. The number of carbonyl (C=O) groups is 1. The Balaban J connectivity index is 1.89. The van der Waals surface area contributed by atoms with Crippen LogP contribution in [0.15, 0.2) is 88.4 Å². The normalized spacial score (nSPS) is 16.6. The lowest BCUT2D eigenvalue weighted by Crippen LogP contribution is -2.31. The van der Waals surface area contributed by atoms with Crippen LogP contribution >= 0.6 is 0 Å². The van der Waals surface area contributed by atoms with Crippen molar-refractivity contribution < 1.29 is 18.3 Å². The molecule has 0 aliphatic carbocycles. The maximum absolute atomic E-state index is 13.7. The Morgan fingerprint density at radius 2 is 1.50 bits per heavy atom. The number of carbonyl (C=O) groups excluding carboxylic acids is 1. The minimum atomic E-state index is -4.15. The summed E-state index contributed by atoms with van der Waals surface area (Å²) < 4.78 is 27.5. The number of benzene rings is 3. The Morgan fingerprint density at radius 1 is 0.912 bits per heavy atom. The summed E-state index contributed by atoms with van der Waals surface area (Å²) in [4.78, 5) is 14.5. The molecule has 0 radical (unpaired) electrons. The van der Waals surface area contributed by atoms with Crippen LogP contribution in [0.5, 0.6) is 0 Å². The zero-order valence-electron chi connectivity index (χ0n) is 19.8. The van der Waals surface area contributed by atoms with Crippen molar-refractivity contribution in [3.63, 3.8) is 0 Å². The van der Waals surface area contributed by atoms with E-state index in [2.05, 4.69) is 13.8 Å². The second-order valence-corrected chi connectivity index (χ2v) is 10.9. The van der Waals surface area contributed by atoms with Gasteiger partial charge in [0, 0.05) is 5.69 Å². The van der Waals surface area contributed by atoms with Gasteiger partial charge < -0.3 is 5.11 Å². The van der Waals surface area contributed by atoms with Crippen molar-refractivity contribution in [2.24, 2.45) is 0 Å². The Morgan fingerprint density at radius 3 is 2.03 bits per heavy atom. The first-order valence-corrected chi connectivity index (χ1v) is 12.9. The number of hydrogen-bond acceptors (Lipinski definition) is 4. The van der Waals surface area contributed by atoms with Gasteiger partial charge in [0.1, 0.15) is 10.9 Å². The van der Waals surface area contributed by atoms with Gasteiger partial charge in [-0.3, -0.25) is 9.69 Å². The molecule has 34 heavy (non-hydrogen) atoms. The highest BCUT2D eigenvalue weighted by Gasteiger charge is 2.47. The molecule has 0 bridgehead atoms. The molecule has 1 heterocycles. The van der Waals surface area contributed by atoms with Gasteiger partial charge in [0.05, 0.1) is 4.90 Å². The van der Waals surface area contributed by atoms with Crippen LogP contribution in [0.1, 0.15) is 55.0 Å². The lowest BCUT2D eigenvalue weighted by atomic mass is 10.0. The molecule has 0 unspecified atom stereocenters. The topological polar surface area (TPSA) is 74.7 Å². The molecule has 1 amide bonds. The van der Waals surface area contributed by atoms with Crippen molar-refractivity contribution in [3.8, 4) is 0 Å². The number of sulfone groups is 1. The summed E-state index contributed by atoms with van der Waals surface area (Å²) >= 11 is 0. The Kier molecular flexibility index (Phi) is 6.36. The van der Waals surface area contributed by atoms with Crippen molar-refractivity contribution in [2.75, 3.05) is 4.90 Å².